The first-order valence-corrected chi connectivity index (χ1v) is 9.32. The number of aryl methyl sites for hydroxylation is 1. The molecular formula is C22H21N3O5. The van der Waals surface area contributed by atoms with E-state index in [0.29, 0.717) is 22.8 Å². The Morgan fingerprint density at radius 2 is 1.90 bits per heavy atom. The first-order chi connectivity index (χ1) is 14.5. The van der Waals surface area contributed by atoms with E-state index in [1.165, 1.54) is 25.0 Å². The van der Waals surface area contributed by atoms with Gasteiger partial charge in [0.05, 0.1) is 36.3 Å². The van der Waals surface area contributed by atoms with Crippen LogP contribution in [0.25, 0.3) is 11.3 Å². The van der Waals surface area contributed by atoms with Gasteiger partial charge < -0.3 is 9.15 Å². The molecule has 0 bridgehead atoms. The molecule has 0 aliphatic rings. The predicted octanol–water partition coefficient (Wildman–Crippen LogP) is 4.12. The van der Waals surface area contributed by atoms with Crippen LogP contribution in [0.4, 0.5) is 5.69 Å². The van der Waals surface area contributed by atoms with Crippen LogP contribution in [0.15, 0.2) is 64.1 Å². The molecule has 0 unspecified atom stereocenters. The third-order valence-electron chi connectivity index (χ3n) is 4.47. The molecule has 154 valence electrons. The minimum atomic E-state index is -0.499. The zero-order valence-electron chi connectivity index (χ0n) is 16.6. The van der Waals surface area contributed by atoms with Crippen LogP contribution in [-0.4, -0.2) is 24.2 Å². The summed E-state index contributed by atoms with van der Waals surface area (Å²) in [7, 11) is 1.44. The number of furan rings is 1. The second-order valence-corrected chi connectivity index (χ2v) is 6.48. The van der Waals surface area contributed by atoms with E-state index in [9.17, 15) is 14.9 Å². The monoisotopic (exact) mass is 407 g/mol. The summed E-state index contributed by atoms with van der Waals surface area (Å²) in [4.78, 5) is 22.9. The van der Waals surface area contributed by atoms with E-state index in [1.807, 2.05) is 24.3 Å². The SMILES string of the molecule is CCc1ccc(CC(=O)N/N=C\c2ccc(-c3ccc(OC)cc3[N+](=O)[O-])o2)cc1. The van der Waals surface area contributed by atoms with Crippen molar-refractivity contribution >= 4 is 17.8 Å². The number of ether oxygens (including phenoxy) is 1. The van der Waals surface area contributed by atoms with Gasteiger partial charge in [-0.2, -0.15) is 5.10 Å². The van der Waals surface area contributed by atoms with Gasteiger partial charge in [-0.05, 0) is 41.8 Å². The second kappa shape index (κ2) is 9.51. The lowest BCUT2D eigenvalue weighted by molar-refractivity contribution is -0.384. The molecule has 0 atom stereocenters. The van der Waals surface area contributed by atoms with E-state index in [-0.39, 0.29) is 18.0 Å². The van der Waals surface area contributed by atoms with Gasteiger partial charge in [0.15, 0.2) is 0 Å². The third kappa shape index (κ3) is 5.11. The molecule has 8 nitrogen and oxygen atoms in total. The number of benzene rings is 2. The van der Waals surface area contributed by atoms with Gasteiger partial charge >= 0.3 is 0 Å². The zero-order valence-corrected chi connectivity index (χ0v) is 16.6. The van der Waals surface area contributed by atoms with Crippen molar-refractivity contribution in [2.24, 2.45) is 5.10 Å². The van der Waals surface area contributed by atoms with Gasteiger partial charge in [-0.1, -0.05) is 31.2 Å². The van der Waals surface area contributed by atoms with E-state index >= 15 is 0 Å². The minimum absolute atomic E-state index is 0.130. The molecule has 1 amide bonds. The fraction of sp³-hybridized carbons (Fsp3) is 0.182. The van der Waals surface area contributed by atoms with Crippen LogP contribution in [-0.2, 0) is 17.6 Å². The van der Waals surface area contributed by atoms with Crippen molar-refractivity contribution in [2.75, 3.05) is 7.11 Å². The number of nitro benzene ring substituents is 1. The van der Waals surface area contributed by atoms with Crippen molar-refractivity contribution in [1.29, 1.82) is 0 Å². The lowest BCUT2D eigenvalue weighted by Crippen LogP contribution is -2.19. The summed E-state index contributed by atoms with van der Waals surface area (Å²) < 4.78 is 10.6. The number of carbonyl (C=O) groups is 1. The minimum Gasteiger partial charge on any atom is -0.497 e. The number of methoxy groups -OCH3 is 1. The maximum absolute atomic E-state index is 12.0. The van der Waals surface area contributed by atoms with Crippen LogP contribution in [0.5, 0.6) is 5.75 Å². The summed E-state index contributed by atoms with van der Waals surface area (Å²) >= 11 is 0. The van der Waals surface area contributed by atoms with E-state index in [2.05, 4.69) is 17.5 Å². The van der Waals surface area contributed by atoms with Gasteiger partial charge in [0.25, 0.3) is 5.69 Å². The number of hydrogen-bond donors (Lipinski definition) is 1. The van der Waals surface area contributed by atoms with Gasteiger partial charge in [0.1, 0.15) is 17.3 Å². The Balaban J connectivity index is 1.64. The number of rotatable bonds is 8. The van der Waals surface area contributed by atoms with Gasteiger partial charge in [-0.15, -0.1) is 0 Å². The molecule has 0 spiro atoms. The lowest BCUT2D eigenvalue weighted by atomic mass is 10.1. The van der Waals surface area contributed by atoms with Gasteiger partial charge in [0, 0.05) is 0 Å². The number of hydrogen-bond acceptors (Lipinski definition) is 6. The summed E-state index contributed by atoms with van der Waals surface area (Å²) in [5.74, 6) is 0.787. The Morgan fingerprint density at radius 3 is 2.57 bits per heavy atom. The Labute approximate surface area is 173 Å². The molecule has 3 aromatic rings. The quantitative estimate of drug-likeness (QED) is 0.343. The molecule has 0 radical (unpaired) electrons. The number of nitrogens with zero attached hydrogens (tertiary/aromatic N) is 2. The highest BCUT2D eigenvalue weighted by molar-refractivity contribution is 5.82. The maximum Gasteiger partial charge on any atom is 0.284 e. The molecule has 2 aromatic carbocycles. The van der Waals surface area contributed by atoms with Crippen LogP contribution in [0.3, 0.4) is 0 Å². The molecule has 8 heteroatoms. The standard InChI is InChI=1S/C22H21N3O5/c1-3-15-4-6-16(7-5-15)12-22(26)24-23-14-18-9-11-21(30-18)19-10-8-17(29-2)13-20(19)25(27)28/h4-11,13-14H,3,12H2,1-2H3,(H,24,26)/b23-14-. The van der Waals surface area contributed by atoms with Crippen LogP contribution < -0.4 is 10.2 Å². The summed E-state index contributed by atoms with van der Waals surface area (Å²) in [6, 6.07) is 15.6. The van der Waals surface area contributed by atoms with Crippen molar-refractivity contribution in [1.82, 2.24) is 5.43 Å². The second-order valence-electron chi connectivity index (χ2n) is 6.48. The van der Waals surface area contributed by atoms with E-state index in [1.54, 1.807) is 24.3 Å². The summed E-state index contributed by atoms with van der Waals surface area (Å²) in [5, 5.41) is 15.2. The van der Waals surface area contributed by atoms with E-state index in [0.717, 1.165) is 12.0 Å². The predicted molar refractivity (Wildman–Crippen MR) is 113 cm³/mol. The summed E-state index contributed by atoms with van der Waals surface area (Å²) in [6.07, 6.45) is 2.50. The molecule has 1 aromatic heterocycles. The molecule has 0 aliphatic heterocycles. The fourth-order valence-electron chi connectivity index (χ4n) is 2.85. The number of nitrogens with one attached hydrogen (secondary N) is 1. The van der Waals surface area contributed by atoms with Crippen molar-refractivity contribution < 1.29 is 18.9 Å². The lowest BCUT2D eigenvalue weighted by Gasteiger charge is -2.03. The van der Waals surface area contributed by atoms with Crippen molar-refractivity contribution in [2.45, 2.75) is 19.8 Å². The number of hydrazone groups is 1. The highest BCUT2D eigenvalue weighted by Crippen LogP contribution is 2.33. The smallest absolute Gasteiger partial charge is 0.284 e. The van der Waals surface area contributed by atoms with E-state index in [4.69, 9.17) is 9.15 Å². The Hall–Kier alpha value is -3.94. The Bertz CT molecular complexity index is 1070. The topological polar surface area (TPSA) is 107 Å². The molecular weight excluding hydrogens is 386 g/mol. The maximum atomic E-state index is 12.0. The highest BCUT2D eigenvalue weighted by Gasteiger charge is 2.19. The van der Waals surface area contributed by atoms with Crippen LogP contribution in [0.1, 0.15) is 23.8 Å². The Morgan fingerprint density at radius 1 is 1.17 bits per heavy atom. The molecule has 30 heavy (non-hydrogen) atoms. The summed E-state index contributed by atoms with van der Waals surface area (Å²) in [6.45, 7) is 2.07. The number of carbonyl (C=O) groups excluding carboxylic acids is 1. The molecule has 1 heterocycles. The number of amides is 1. The molecule has 1 N–H and O–H groups in total. The zero-order chi connectivity index (χ0) is 21.5. The average molecular weight is 407 g/mol. The fourth-order valence-corrected chi connectivity index (χ4v) is 2.85. The normalized spacial score (nSPS) is 10.9. The van der Waals surface area contributed by atoms with Crippen molar-refractivity contribution in [3.8, 4) is 17.1 Å². The van der Waals surface area contributed by atoms with Crippen LogP contribution in [0, 0.1) is 10.1 Å². The molecule has 0 saturated heterocycles. The first kappa shape index (κ1) is 20.8. The third-order valence-corrected chi connectivity index (χ3v) is 4.47. The van der Waals surface area contributed by atoms with Crippen molar-refractivity contribution in [3.63, 3.8) is 0 Å². The average Bonchev–Trinajstić information content (AvgIpc) is 3.22. The largest absolute Gasteiger partial charge is 0.497 e. The molecule has 0 saturated carbocycles. The van der Waals surface area contributed by atoms with Gasteiger partial charge in [0.2, 0.25) is 5.91 Å². The first-order valence-electron chi connectivity index (χ1n) is 9.32. The molecule has 3 rings (SSSR count). The Kier molecular flexibility index (Phi) is 6.59. The summed E-state index contributed by atoms with van der Waals surface area (Å²) in [5.41, 5.74) is 4.74. The van der Waals surface area contributed by atoms with Crippen molar-refractivity contribution in [3.05, 3.63) is 81.6 Å². The molecule has 0 aliphatic carbocycles. The van der Waals surface area contributed by atoms with E-state index < -0.39 is 4.92 Å². The number of nitro groups is 1. The van der Waals surface area contributed by atoms with Gasteiger partial charge in [-0.25, -0.2) is 5.43 Å². The highest BCUT2D eigenvalue weighted by atomic mass is 16.6. The van der Waals surface area contributed by atoms with Crippen LogP contribution in [0.2, 0.25) is 0 Å². The van der Waals surface area contributed by atoms with Crippen LogP contribution >= 0.6 is 0 Å². The van der Waals surface area contributed by atoms with Gasteiger partial charge in [-0.3, -0.25) is 14.9 Å². The molecule has 0 fully saturated rings.